The molecule has 0 bridgehead atoms. The number of hydrogen-bond donors (Lipinski definition) is 2. The van der Waals surface area contributed by atoms with E-state index in [1.807, 2.05) is 24.3 Å². The molecule has 2 aromatic rings. The topological polar surface area (TPSA) is 55.1 Å². The Bertz CT molecular complexity index is 614. The quantitative estimate of drug-likeness (QED) is 0.902. The average Bonchev–Trinajstić information content (AvgIpc) is 2.84. The van der Waals surface area contributed by atoms with Crippen LogP contribution in [0.25, 0.3) is 10.1 Å². The molecule has 0 spiro atoms. The van der Waals surface area contributed by atoms with Gasteiger partial charge in [-0.25, -0.2) is 0 Å². The van der Waals surface area contributed by atoms with Crippen LogP contribution >= 0.6 is 11.3 Å². The maximum atomic E-state index is 12.3. The van der Waals surface area contributed by atoms with E-state index in [2.05, 4.69) is 5.32 Å². The third-order valence-corrected chi connectivity index (χ3v) is 5.30. The molecule has 1 aromatic heterocycles. The van der Waals surface area contributed by atoms with Crippen molar-refractivity contribution in [2.24, 2.45) is 5.92 Å². The lowest BCUT2D eigenvalue weighted by Crippen LogP contribution is -2.30. The van der Waals surface area contributed by atoms with Gasteiger partial charge in [-0.3, -0.25) is 4.79 Å². The van der Waals surface area contributed by atoms with Crippen molar-refractivity contribution in [1.82, 2.24) is 5.32 Å². The predicted molar refractivity (Wildman–Crippen MR) is 85.1 cm³/mol. The largest absolute Gasteiger partial charge is 0.397 e. The van der Waals surface area contributed by atoms with Gasteiger partial charge in [0.1, 0.15) is 4.88 Å². The van der Waals surface area contributed by atoms with E-state index in [4.69, 9.17) is 5.73 Å². The first-order valence-corrected chi connectivity index (χ1v) is 8.12. The van der Waals surface area contributed by atoms with Crippen molar-refractivity contribution < 1.29 is 4.79 Å². The van der Waals surface area contributed by atoms with Crippen LogP contribution in [-0.2, 0) is 0 Å². The number of thiophene rings is 1. The van der Waals surface area contributed by atoms with Crippen LogP contribution in [0.3, 0.4) is 0 Å². The Morgan fingerprint density at radius 3 is 2.75 bits per heavy atom. The number of amides is 1. The molecule has 0 saturated heterocycles. The van der Waals surface area contributed by atoms with Crippen molar-refractivity contribution in [2.75, 3.05) is 12.3 Å². The molecule has 1 heterocycles. The SMILES string of the molecule is Nc1c(C(=O)NCC2CCCCC2)sc2ccccc12. The molecular formula is C16H20N2OS. The predicted octanol–water partition coefficient (Wildman–Crippen LogP) is 3.79. The Kier molecular flexibility index (Phi) is 3.92. The highest BCUT2D eigenvalue weighted by Crippen LogP contribution is 2.33. The highest BCUT2D eigenvalue weighted by molar-refractivity contribution is 7.21. The van der Waals surface area contributed by atoms with E-state index in [9.17, 15) is 4.79 Å². The van der Waals surface area contributed by atoms with Gasteiger partial charge in [0.15, 0.2) is 0 Å². The number of nitrogens with one attached hydrogen (secondary N) is 1. The lowest BCUT2D eigenvalue weighted by molar-refractivity contribution is 0.0948. The number of hydrogen-bond acceptors (Lipinski definition) is 3. The molecule has 4 heteroatoms. The highest BCUT2D eigenvalue weighted by Gasteiger charge is 2.18. The van der Waals surface area contributed by atoms with Crippen LogP contribution in [0, 0.1) is 5.92 Å². The van der Waals surface area contributed by atoms with Gasteiger partial charge in [0.25, 0.3) is 5.91 Å². The van der Waals surface area contributed by atoms with E-state index in [1.165, 1.54) is 43.4 Å². The van der Waals surface area contributed by atoms with Crippen molar-refractivity contribution in [2.45, 2.75) is 32.1 Å². The molecule has 20 heavy (non-hydrogen) atoms. The minimum atomic E-state index is -0.0192. The van der Waals surface area contributed by atoms with Crippen molar-refractivity contribution in [3.8, 4) is 0 Å². The summed E-state index contributed by atoms with van der Waals surface area (Å²) >= 11 is 1.48. The van der Waals surface area contributed by atoms with Crippen LogP contribution in [0.2, 0.25) is 0 Å². The van der Waals surface area contributed by atoms with Crippen LogP contribution in [0.1, 0.15) is 41.8 Å². The van der Waals surface area contributed by atoms with E-state index >= 15 is 0 Å². The van der Waals surface area contributed by atoms with Crippen LogP contribution in [0.15, 0.2) is 24.3 Å². The number of fused-ring (bicyclic) bond motifs is 1. The summed E-state index contributed by atoms with van der Waals surface area (Å²) in [4.78, 5) is 13.0. The van der Waals surface area contributed by atoms with Gasteiger partial charge in [-0.2, -0.15) is 0 Å². The molecule has 1 aliphatic rings. The molecule has 1 fully saturated rings. The third-order valence-electron chi connectivity index (χ3n) is 4.12. The molecule has 0 aliphatic heterocycles. The van der Waals surface area contributed by atoms with Gasteiger partial charge in [0.05, 0.1) is 5.69 Å². The summed E-state index contributed by atoms with van der Waals surface area (Å²) in [5.41, 5.74) is 6.72. The molecule has 0 radical (unpaired) electrons. The van der Waals surface area contributed by atoms with E-state index in [0.29, 0.717) is 16.5 Å². The van der Waals surface area contributed by atoms with Crippen molar-refractivity contribution in [1.29, 1.82) is 0 Å². The maximum absolute atomic E-state index is 12.3. The summed E-state index contributed by atoms with van der Waals surface area (Å²) in [6.45, 7) is 0.784. The number of carbonyl (C=O) groups excluding carboxylic acids is 1. The fourth-order valence-electron chi connectivity index (χ4n) is 2.94. The van der Waals surface area contributed by atoms with Crippen LogP contribution in [-0.4, -0.2) is 12.5 Å². The number of nitrogen functional groups attached to an aromatic ring is 1. The van der Waals surface area contributed by atoms with Gasteiger partial charge in [0, 0.05) is 16.6 Å². The maximum Gasteiger partial charge on any atom is 0.263 e. The van der Waals surface area contributed by atoms with E-state index in [-0.39, 0.29) is 5.91 Å². The summed E-state index contributed by atoms with van der Waals surface area (Å²) in [6, 6.07) is 7.91. The second-order valence-electron chi connectivity index (χ2n) is 5.56. The van der Waals surface area contributed by atoms with E-state index in [0.717, 1.165) is 16.6 Å². The summed E-state index contributed by atoms with van der Waals surface area (Å²) < 4.78 is 1.08. The molecule has 0 atom stereocenters. The molecule has 1 aromatic carbocycles. The minimum absolute atomic E-state index is 0.0192. The van der Waals surface area contributed by atoms with Gasteiger partial charge in [-0.15, -0.1) is 11.3 Å². The smallest absolute Gasteiger partial charge is 0.263 e. The average molecular weight is 288 g/mol. The standard InChI is InChI=1S/C16H20N2OS/c17-14-12-8-4-5-9-13(12)20-15(14)16(19)18-10-11-6-2-1-3-7-11/h4-5,8-9,11H,1-3,6-7,10,17H2,(H,18,19). The normalized spacial score (nSPS) is 16.4. The van der Waals surface area contributed by atoms with Crippen molar-refractivity contribution in [3.05, 3.63) is 29.1 Å². The second kappa shape index (κ2) is 5.83. The van der Waals surface area contributed by atoms with Gasteiger partial charge in [-0.05, 0) is 24.8 Å². The summed E-state index contributed by atoms with van der Waals surface area (Å²) in [5, 5.41) is 4.05. The first-order chi connectivity index (χ1) is 9.75. The molecule has 1 saturated carbocycles. The Labute approximate surface area is 123 Å². The molecule has 1 amide bonds. The van der Waals surface area contributed by atoms with E-state index < -0.39 is 0 Å². The second-order valence-corrected chi connectivity index (χ2v) is 6.61. The van der Waals surface area contributed by atoms with Gasteiger partial charge >= 0.3 is 0 Å². The molecule has 1 aliphatic carbocycles. The molecule has 3 rings (SSSR count). The molecule has 0 unspecified atom stereocenters. The summed E-state index contributed by atoms with van der Waals surface area (Å²) in [5.74, 6) is 0.623. The number of benzene rings is 1. The zero-order valence-corrected chi connectivity index (χ0v) is 12.3. The summed E-state index contributed by atoms with van der Waals surface area (Å²) in [7, 11) is 0. The zero-order valence-electron chi connectivity index (χ0n) is 11.5. The first kappa shape index (κ1) is 13.4. The Hall–Kier alpha value is -1.55. The Morgan fingerprint density at radius 2 is 2.00 bits per heavy atom. The Balaban J connectivity index is 1.70. The molecule has 106 valence electrons. The molecular weight excluding hydrogens is 268 g/mol. The van der Waals surface area contributed by atoms with E-state index in [1.54, 1.807) is 0 Å². The highest BCUT2D eigenvalue weighted by atomic mass is 32.1. The van der Waals surface area contributed by atoms with Crippen LogP contribution in [0.5, 0.6) is 0 Å². The molecule has 3 nitrogen and oxygen atoms in total. The lowest BCUT2D eigenvalue weighted by Gasteiger charge is -2.21. The fourth-order valence-corrected chi connectivity index (χ4v) is 3.98. The number of rotatable bonds is 3. The number of nitrogens with two attached hydrogens (primary N) is 1. The van der Waals surface area contributed by atoms with Gasteiger partial charge < -0.3 is 11.1 Å². The summed E-state index contributed by atoms with van der Waals surface area (Å²) in [6.07, 6.45) is 6.41. The Morgan fingerprint density at radius 1 is 1.25 bits per heavy atom. The van der Waals surface area contributed by atoms with Crippen LogP contribution in [0.4, 0.5) is 5.69 Å². The molecule has 3 N–H and O–H groups in total. The monoisotopic (exact) mass is 288 g/mol. The number of carbonyl (C=O) groups is 1. The first-order valence-electron chi connectivity index (χ1n) is 7.31. The van der Waals surface area contributed by atoms with Gasteiger partial charge in [0.2, 0.25) is 0 Å². The third kappa shape index (κ3) is 2.66. The van der Waals surface area contributed by atoms with Gasteiger partial charge in [-0.1, -0.05) is 37.5 Å². The number of anilines is 1. The lowest BCUT2D eigenvalue weighted by atomic mass is 9.89. The zero-order chi connectivity index (χ0) is 13.9. The van der Waals surface area contributed by atoms with Crippen LogP contribution < -0.4 is 11.1 Å². The minimum Gasteiger partial charge on any atom is -0.397 e. The van der Waals surface area contributed by atoms with Crippen molar-refractivity contribution in [3.63, 3.8) is 0 Å². The van der Waals surface area contributed by atoms with Crippen molar-refractivity contribution >= 4 is 33.0 Å². The fraction of sp³-hybridized carbons (Fsp3) is 0.438.